The van der Waals surface area contributed by atoms with Crippen LogP contribution in [-0.2, 0) is 0 Å². The Labute approximate surface area is 113 Å². The molecule has 1 heterocycles. The van der Waals surface area contributed by atoms with Gasteiger partial charge in [-0.2, -0.15) is 5.10 Å². The number of benzene rings is 2. The van der Waals surface area contributed by atoms with E-state index in [9.17, 15) is 9.59 Å². The van der Waals surface area contributed by atoms with E-state index in [0.29, 0.717) is 11.1 Å². The minimum absolute atomic E-state index is 0.277. The summed E-state index contributed by atoms with van der Waals surface area (Å²) in [5.74, 6) is -0.779. The monoisotopic (exact) mass is 268 g/mol. The van der Waals surface area contributed by atoms with Crippen molar-refractivity contribution in [2.24, 2.45) is 5.10 Å². The molecular formula is C15H12N2O3. The normalized spacial score (nSPS) is 10.9. The van der Waals surface area contributed by atoms with Crippen molar-refractivity contribution in [3.05, 3.63) is 57.3 Å². The van der Waals surface area contributed by atoms with Crippen LogP contribution in [0.5, 0.6) is 0 Å². The lowest BCUT2D eigenvalue weighted by atomic mass is 10.1. The van der Waals surface area contributed by atoms with Gasteiger partial charge in [-0.1, -0.05) is 24.3 Å². The standard InChI is InChI=1S/C15H12N2O3/c1-9(2)16-17-14(18)12-7-10-5-3-4-6-11(10)8-13(12)20-15(17)19/h3-8H,1-2H3. The Kier molecular flexibility index (Phi) is 2.75. The lowest BCUT2D eigenvalue weighted by molar-refractivity contribution is 0.480. The summed E-state index contributed by atoms with van der Waals surface area (Å²) in [7, 11) is 0. The number of hydrogen-bond acceptors (Lipinski definition) is 4. The van der Waals surface area contributed by atoms with Crippen LogP contribution < -0.4 is 11.3 Å². The van der Waals surface area contributed by atoms with Gasteiger partial charge < -0.3 is 4.42 Å². The molecule has 0 fully saturated rings. The Morgan fingerprint density at radius 3 is 2.40 bits per heavy atom. The highest BCUT2D eigenvalue weighted by Crippen LogP contribution is 2.19. The maximum absolute atomic E-state index is 12.3. The Balaban J connectivity index is 2.48. The van der Waals surface area contributed by atoms with Gasteiger partial charge in [-0.25, -0.2) is 4.79 Å². The van der Waals surface area contributed by atoms with E-state index in [-0.39, 0.29) is 5.58 Å². The third-order valence-electron chi connectivity index (χ3n) is 2.94. The first kappa shape index (κ1) is 12.3. The van der Waals surface area contributed by atoms with Crippen molar-refractivity contribution in [1.82, 2.24) is 4.68 Å². The summed E-state index contributed by atoms with van der Waals surface area (Å²) in [5.41, 5.74) is 0.404. The van der Waals surface area contributed by atoms with Gasteiger partial charge in [0.25, 0.3) is 5.56 Å². The molecule has 0 saturated carbocycles. The lowest BCUT2D eigenvalue weighted by Gasteiger charge is -2.02. The second-order valence-corrected chi connectivity index (χ2v) is 4.73. The Morgan fingerprint density at radius 2 is 1.75 bits per heavy atom. The number of rotatable bonds is 1. The topological polar surface area (TPSA) is 64.6 Å². The van der Waals surface area contributed by atoms with Gasteiger partial charge in [0.2, 0.25) is 0 Å². The fraction of sp³-hybridized carbons (Fsp3) is 0.133. The largest absolute Gasteiger partial charge is 0.443 e. The Bertz CT molecular complexity index is 960. The summed E-state index contributed by atoms with van der Waals surface area (Å²) in [5, 5.41) is 6.07. The lowest BCUT2D eigenvalue weighted by Crippen LogP contribution is -2.29. The van der Waals surface area contributed by atoms with E-state index in [4.69, 9.17) is 4.42 Å². The van der Waals surface area contributed by atoms with Gasteiger partial charge in [0.15, 0.2) is 0 Å². The van der Waals surface area contributed by atoms with Crippen LogP contribution in [0.1, 0.15) is 13.8 Å². The summed E-state index contributed by atoms with van der Waals surface area (Å²) < 4.78 is 5.94. The van der Waals surface area contributed by atoms with Crippen molar-refractivity contribution in [2.45, 2.75) is 13.8 Å². The predicted molar refractivity (Wildman–Crippen MR) is 78.4 cm³/mol. The number of aromatic nitrogens is 1. The molecule has 1 aromatic heterocycles. The maximum atomic E-state index is 12.3. The van der Waals surface area contributed by atoms with Gasteiger partial charge in [0, 0.05) is 5.71 Å². The molecule has 0 aliphatic carbocycles. The van der Waals surface area contributed by atoms with E-state index in [1.54, 1.807) is 26.0 Å². The van der Waals surface area contributed by atoms with Crippen molar-refractivity contribution in [2.75, 3.05) is 0 Å². The molecule has 5 nitrogen and oxygen atoms in total. The van der Waals surface area contributed by atoms with Gasteiger partial charge in [0.05, 0.1) is 5.39 Å². The van der Waals surface area contributed by atoms with Gasteiger partial charge in [-0.05, 0) is 36.8 Å². The fourth-order valence-corrected chi connectivity index (χ4v) is 2.09. The summed E-state index contributed by atoms with van der Waals surface area (Å²) in [6.07, 6.45) is 0. The van der Waals surface area contributed by atoms with Crippen molar-refractivity contribution in [3.63, 3.8) is 0 Å². The van der Waals surface area contributed by atoms with E-state index in [2.05, 4.69) is 5.10 Å². The fourth-order valence-electron chi connectivity index (χ4n) is 2.09. The Hall–Kier alpha value is -2.69. The van der Waals surface area contributed by atoms with Crippen LogP contribution in [0, 0.1) is 0 Å². The molecule has 0 saturated heterocycles. The summed E-state index contributed by atoms with van der Waals surface area (Å²) in [6.45, 7) is 3.41. The number of nitrogens with zero attached hydrogens (tertiary/aromatic N) is 2. The van der Waals surface area contributed by atoms with Crippen molar-refractivity contribution in [1.29, 1.82) is 0 Å². The van der Waals surface area contributed by atoms with E-state index in [0.717, 1.165) is 15.4 Å². The molecule has 0 unspecified atom stereocenters. The SMILES string of the molecule is CC(C)=Nn1c(=O)oc2cc3ccccc3cc2c1=O. The molecule has 100 valence electrons. The van der Waals surface area contributed by atoms with E-state index in [1.165, 1.54) is 0 Å². The second-order valence-electron chi connectivity index (χ2n) is 4.73. The first-order valence-electron chi connectivity index (χ1n) is 6.17. The van der Waals surface area contributed by atoms with E-state index < -0.39 is 11.3 Å². The molecule has 5 heteroatoms. The first-order valence-corrected chi connectivity index (χ1v) is 6.17. The first-order chi connectivity index (χ1) is 9.56. The van der Waals surface area contributed by atoms with E-state index >= 15 is 0 Å². The molecule has 20 heavy (non-hydrogen) atoms. The minimum atomic E-state index is -0.779. The zero-order chi connectivity index (χ0) is 14.3. The second kappa shape index (κ2) is 4.45. The zero-order valence-electron chi connectivity index (χ0n) is 11.1. The van der Waals surface area contributed by atoms with Crippen LogP contribution in [0.2, 0.25) is 0 Å². The van der Waals surface area contributed by atoms with Gasteiger partial charge in [-0.15, -0.1) is 4.68 Å². The molecule has 0 N–H and O–H groups in total. The smallest absolute Gasteiger partial charge is 0.408 e. The van der Waals surface area contributed by atoms with Gasteiger partial charge >= 0.3 is 5.76 Å². The highest BCUT2D eigenvalue weighted by atomic mass is 16.4. The van der Waals surface area contributed by atoms with Crippen LogP contribution in [0.15, 0.2) is 55.5 Å². The van der Waals surface area contributed by atoms with Crippen molar-refractivity contribution < 1.29 is 4.42 Å². The molecule has 0 atom stereocenters. The zero-order valence-corrected chi connectivity index (χ0v) is 11.1. The Morgan fingerprint density at radius 1 is 1.10 bits per heavy atom. The summed E-state index contributed by atoms with van der Waals surface area (Å²) in [6, 6.07) is 11.0. The molecule has 0 amide bonds. The molecule has 0 spiro atoms. The molecule has 3 aromatic rings. The van der Waals surface area contributed by atoms with Crippen LogP contribution in [0.25, 0.3) is 21.7 Å². The predicted octanol–water partition coefficient (Wildman–Crippen LogP) is 2.35. The molecule has 0 aliphatic rings. The van der Waals surface area contributed by atoms with Crippen molar-refractivity contribution >= 4 is 27.5 Å². The number of fused-ring (bicyclic) bond motifs is 2. The van der Waals surface area contributed by atoms with Crippen LogP contribution in [-0.4, -0.2) is 10.4 Å². The quantitative estimate of drug-likeness (QED) is 0.502. The average molecular weight is 268 g/mol. The van der Waals surface area contributed by atoms with Gasteiger partial charge in [0.1, 0.15) is 5.58 Å². The highest BCUT2D eigenvalue weighted by Gasteiger charge is 2.10. The highest BCUT2D eigenvalue weighted by molar-refractivity contribution is 5.95. The third kappa shape index (κ3) is 1.93. The van der Waals surface area contributed by atoms with Crippen LogP contribution in [0.3, 0.4) is 0 Å². The molecular weight excluding hydrogens is 256 g/mol. The maximum Gasteiger partial charge on any atom is 0.443 e. The number of hydrogen-bond donors (Lipinski definition) is 0. The molecule has 0 bridgehead atoms. The van der Waals surface area contributed by atoms with Crippen LogP contribution in [0.4, 0.5) is 0 Å². The third-order valence-corrected chi connectivity index (χ3v) is 2.94. The van der Waals surface area contributed by atoms with E-state index in [1.807, 2.05) is 24.3 Å². The average Bonchev–Trinajstić information content (AvgIpc) is 2.41. The van der Waals surface area contributed by atoms with Gasteiger partial charge in [-0.3, -0.25) is 4.79 Å². The molecule has 3 rings (SSSR count). The molecule has 0 aliphatic heterocycles. The van der Waals surface area contributed by atoms with Crippen LogP contribution >= 0.6 is 0 Å². The molecule has 0 radical (unpaired) electrons. The van der Waals surface area contributed by atoms with Crippen molar-refractivity contribution in [3.8, 4) is 0 Å². The summed E-state index contributed by atoms with van der Waals surface area (Å²) in [4.78, 5) is 24.1. The summed E-state index contributed by atoms with van der Waals surface area (Å²) >= 11 is 0. The molecule has 2 aromatic carbocycles. The minimum Gasteiger partial charge on any atom is -0.408 e.